The summed E-state index contributed by atoms with van der Waals surface area (Å²) in [5.74, 6) is 1.78. The van der Waals surface area contributed by atoms with Crippen LogP contribution in [-0.2, 0) is 25.7 Å². The molecule has 46 heavy (non-hydrogen) atoms. The van der Waals surface area contributed by atoms with E-state index in [-0.39, 0.29) is 50.3 Å². The van der Waals surface area contributed by atoms with Gasteiger partial charge in [-0.3, -0.25) is 9.59 Å². The number of phenols is 2. The topological polar surface area (TPSA) is 129 Å². The normalized spacial score (nSPS) is 11.2. The molecule has 6 rings (SSSR count). The lowest BCUT2D eigenvalue weighted by Crippen LogP contribution is -2.08. The highest BCUT2D eigenvalue weighted by atomic mass is 16.5. The fraction of sp³-hybridized carbons (Fsp3) is 0.189. The van der Waals surface area contributed by atoms with Crippen molar-refractivity contribution in [2.75, 3.05) is 21.3 Å². The third-order valence-electron chi connectivity index (χ3n) is 8.04. The summed E-state index contributed by atoms with van der Waals surface area (Å²) >= 11 is 0. The quantitative estimate of drug-likeness (QED) is 0.175. The number of phenolic OH excluding ortho intramolecular Hbond substituents is 2. The molecule has 0 spiro atoms. The summed E-state index contributed by atoms with van der Waals surface area (Å²) in [4.78, 5) is 27.3. The Bertz CT molecular complexity index is 2160. The minimum Gasteiger partial charge on any atom is -0.504 e. The standard InChI is InChI=1S/C37H32O9/c1-42-23-10-4-21(5-11-23)8-14-25-18-30(40)35-31(45-25)20-32(44-3)36(41)34(35)27-16-17-28(38)37-33(27)29(39)19-26(46-37)15-9-22-6-12-24(43-2)13-7-22/h4-7,10-13,16-20,38,41H,8-9,14-15H2,1-3H3. The van der Waals surface area contributed by atoms with Gasteiger partial charge in [0, 0.05) is 42.2 Å². The second-order valence-corrected chi connectivity index (χ2v) is 10.9. The molecule has 0 aliphatic heterocycles. The van der Waals surface area contributed by atoms with Crippen LogP contribution >= 0.6 is 0 Å². The van der Waals surface area contributed by atoms with E-state index in [9.17, 15) is 19.8 Å². The summed E-state index contributed by atoms with van der Waals surface area (Å²) in [7, 11) is 4.59. The van der Waals surface area contributed by atoms with Crippen molar-refractivity contribution in [2.24, 2.45) is 0 Å². The van der Waals surface area contributed by atoms with E-state index in [2.05, 4.69) is 0 Å². The molecule has 9 heteroatoms. The van der Waals surface area contributed by atoms with Crippen molar-refractivity contribution in [3.63, 3.8) is 0 Å². The predicted octanol–water partition coefficient (Wildman–Crippen LogP) is 6.57. The lowest BCUT2D eigenvalue weighted by molar-refractivity contribution is 0.374. The smallest absolute Gasteiger partial charge is 0.193 e. The maximum atomic E-state index is 13.7. The van der Waals surface area contributed by atoms with E-state index in [4.69, 9.17) is 23.0 Å². The average molecular weight is 621 g/mol. The Labute approximate surface area is 263 Å². The molecule has 0 atom stereocenters. The van der Waals surface area contributed by atoms with Gasteiger partial charge in [0.1, 0.15) is 28.6 Å². The van der Waals surface area contributed by atoms with Gasteiger partial charge < -0.3 is 33.3 Å². The summed E-state index contributed by atoms with van der Waals surface area (Å²) in [5.41, 5.74) is 1.60. The van der Waals surface area contributed by atoms with Gasteiger partial charge in [-0.25, -0.2) is 0 Å². The van der Waals surface area contributed by atoms with Crippen molar-refractivity contribution in [3.8, 4) is 39.9 Å². The molecule has 9 nitrogen and oxygen atoms in total. The van der Waals surface area contributed by atoms with Crippen LogP contribution in [0.3, 0.4) is 0 Å². The van der Waals surface area contributed by atoms with E-state index >= 15 is 0 Å². The molecule has 0 amide bonds. The first-order chi connectivity index (χ1) is 22.3. The maximum absolute atomic E-state index is 13.7. The number of aromatic hydroxyl groups is 2. The summed E-state index contributed by atoms with van der Waals surface area (Å²) in [6, 6.07) is 22.3. The number of rotatable bonds is 10. The SMILES string of the molecule is COc1ccc(CCc2cc(=O)c3c(-c4ccc(O)c5oc(CCc6ccc(OC)cc6)cc(=O)c45)c(O)c(OC)cc3o2)cc1. The fourth-order valence-electron chi connectivity index (χ4n) is 5.63. The van der Waals surface area contributed by atoms with Crippen molar-refractivity contribution in [3.05, 3.63) is 122 Å². The Balaban J connectivity index is 1.41. The lowest BCUT2D eigenvalue weighted by atomic mass is 9.94. The Morgan fingerprint density at radius 2 is 1.15 bits per heavy atom. The molecule has 0 bridgehead atoms. The predicted molar refractivity (Wildman–Crippen MR) is 175 cm³/mol. The number of ether oxygens (including phenoxy) is 3. The number of hydrogen-bond donors (Lipinski definition) is 2. The van der Waals surface area contributed by atoms with E-state index in [0.29, 0.717) is 37.2 Å². The van der Waals surface area contributed by atoms with Crippen molar-refractivity contribution >= 4 is 21.9 Å². The molecule has 0 unspecified atom stereocenters. The van der Waals surface area contributed by atoms with Gasteiger partial charge in [0.25, 0.3) is 0 Å². The van der Waals surface area contributed by atoms with Gasteiger partial charge >= 0.3 is 0 Å². The lowest BCUT2D eigenvalue weighted by Gasteiger charge is -2.15. The Kier molecular flexibility index (Phi) is 8.39. The zero-order chi connectivity index (χ0) is 32.4. The maximum Gasteiger partial charge on any atom is 0.193 e. The minimum atomic E-state index is -0.437. The Hall–Kier alpha value is -5.70. The van der Waals surface area contributed by atoms with Crippen LogP contribution in [0.25, 0.3) is 33.1 Å². The van der Waals surface area contributed by atoms with Gasteiger partial charge in [-0.05, 0) is 60.4 Å². The molecule has 0 fully saturated rings. The van der Waals surface area contributed by atoms with Gasteiger partial charge in [0.05, 0.1) is 32.1 Å². The fourth-order valence-corrected chi connectivity index (χ4v) is 5.63. The molecule has 0 aliphatic carbocycles. The molecular formula is C37H32O9. The number of aryl methyl sites for hydroxylation is 4. The molecule has 0 aliphatic rings. The third-order valence-corrected chi connectivity index (χ3v) is 8.04. The zero-order valence-corrected chi connectivity index (χ0v) is 25.6. The molecule has 6 aromatic rings. The molecule has 2 N–H and O–H groups in total. The highest BCUT2D eigenvalue weighted by molar-refractivity contribution is 6.07. The van der Waals surface area contributed by atoms with E-state index < -0.39 is 10.9 Å². The highest BCUT2D eigenvalue weighted by Gasteiger charge is 2.24. The van der Waals surface area contributed by atoms with Crippen molar-refractivity contribution in [1.82, 2.24) is 0 Å². The van der Waals surface area contributed by atoms with E-state index in [0.717, 1.165) is 22.6 Å². The van der Waals surface area contributed by atoms with E-state index in [1.807, 2.05) is 48.5 Å². The van der Waals surface area contributed by atoms with E-state index in [1.54, 1.807) is 14.2 Å². The molecule has 0 saturated heterocycles. The van der Waals surface area contributed by atoms with Crippen LogP contribution in [0.2, 0.25) is 0 Å². The van der Waals surface area contributed by atoms with Crippen molar-refractivity contribution in [2.45, 2.75) is 25.7 Å². The zero-order valence-electron chi connectivity index (χ0n) is 25.6. The number of hydrogen-bond acceptors (Lipinski definition) is 9. The molecule has 0 saturated carbocycles. The summed E-state index contributed by atoms with van der Waals surface area (Å²) in [6.07, 6.45) is 2.05. The molecule has 0 radical (unpaired) electrons. The number of fused-ring (bicyclic) bond motifs is 2. The van der Waals surface area contributed by atoms with Crippen molar-refractivity contribution in [1.29, 1.82) is 0 Å². The Morgan fingerprint density at radius 1 is 0.609 bits per heavy atom. The van der Waals surface area contributed by atoms with Crippen LogP contribution in [0, 0.1) is 0 Å². The van der Waals surface area contributed by atoms with Crippen LogP contribution in [0.5, 0.6) is 28.7 Å². The second kappa shape index (κ2) is 12.7. The number of methoxy groups -OCH3 is 3. The summed E-state index contributed by atoms with van der Waals surface area (Å²) < 4.78 is 28.1. The van der Waals surface area contributed by atoms with Gasteiger partial charge in [0.15, 0.2) is 33.7 Å². The first kappa shape index (κ1) is 30.3. The molecular weight excluding hydrogens is 588 g/mol. The van der Waals surface area contributed by atoms with Crippen LogP contribution in [-0.4, -0.2) is 31.5 Å². The van der Waals surface area contributed by atoms with Gasteiger partial charge in [-0.2, -0.15) is 0 Å². The monoisotopic (exact) mass is 620 g/mol. The summed E-state index contributed by atoms with van der Waals surface area (Å²) in [5, 5.41) is 22.2. The molecule has 2 aromatic heterocycles. The molecule has 234 valence electrons. The van der Waals surface area contributed by atoms with E-state index in [1.165, 1.54) is 37.4 Å². The van der Waals surface area contributed by atoms with Gasteiger partial charge in [-0.15, -0.1) is 0 Å². The Morgan fingerprint density at radius 3 is 1.70 bits per heavy atom. The highest BCUT2D eigenvalue weighted by Crippen LogP contribution is 2.45. The largest absolute Gasteiger partial charge is 0.504 e. The van der Waals surface area contributed by atoms with Crippen LogP contribution < -0.4 is 25.1 Å². The van der Waals surface area contributed by atoms with Crippen LogP contribution in [0.1, 0.15) is 22.6 Å². The summed E-state index contributed by atoms with van der Waals surface area (Å²) in [6.45, 7) is 0. The first-order valence-corrected chi connectivity index (χ1v) is 14.7. The van der Waals surface area contributed by atoms with Gasteiger partial charge in [0.2, 0.25) is 0 Å². The second-order valence-electron chi connectivity index (χ2n) is 10.9. The first-order valence-electron chi connectivity index (χ1n) is 14.7. The van der Waals surface area contributed by atoms with Crippen molar-refractivity contribution < 1.29 is 33.3 Å². The van der Waals surface area contributed by atoms with Crippen LogP contribution in [0.15, 0.2) is 97.3 Å². The molecule has 2 heterocycles. The van der Waals surface area contributed by atoms with Crippen LogP contribution in [0.4, 0.5) is 0 Å². The average Bonchev–Trinajstić information content (AvgIpc) is 3.07. The van der Waals surface area contributed by atoms with Gasteiger partial charge in [-0.1, -0.05) is 24.3 Å². The number of benzene rings is 4. The minimum absolute atomic E-state index is 0.0148. The third kappa shape index (κ3) is 5.87. The molecule has 4 aromatic carbocycles.